The first-order valence-electron chi connectivity index (χ1n) is 20.0. The van der Waals surface area contributed by atoms with Crippen molar-refractivity contribution in [1.82, 2.24) is 41.9 Å². The number of benzene rings is 3. The lowest BCUT2D eigenvalue weighted by atomic mass is 9.81. The zero-order valence-corrected chi connectivity index (χ0v) is 33.5. The van der Waals surface area contributed by atoms with Gasteiger partial charge in [0.25, 0.3) is 5.91 Å². The summed E-state index contributed by atoms with van der Waals surface area (Å²) >= 11 is 0. The topological polar surface area (TPSA) is 209 Å². The maximum atomic E-state index is 13.9. The van der Waals surface area contributed by atoms with Crippen LogP contribution in [0.3, 0.4) is 0 Å². The van der Waals surface area contributed by atoms with Gasteiger partial charge in [-0.05, 0) is 142 Å². The number of aromatic nitrogens is 4. The number of rotatable bonds is 12. The fraction of sp³-hybridized carbons (Fsp3) is 0.442. The van der Waals surface area contributed by atoms with Gasteiger partial charge in [-0.15, -0.1) is 10.2 Å². The van der Waals surface area contributed by atoms with Crippen molar-refractivity contribution in [2.24, 2.45) is 11.8 Å². The van der Waals surface area contributed by atoms with Crippen LogP contribution in [-0.2, 0) is 25.5 Å². The van der Waals surface area contributed by atoms with Crippen LogP contribution in [0.1, 0.15) is 87.2 Å². The van der Waals surface area contributed by atoms with Crippen LogP contribution in [0.25, 0.3) is 22.5 Å². The molecular weight excluding hydrogens is 739 g/mol. The van der Waals surface area contributed by atoms with Crippen molar-refractivity contribution in [1.29, 1.82) is 0 Å². The van der Waals surface area contributed by atoms with Gasteiger partial charge >= 0.3 is 6.09 Å². The molecule has 3 aromatic carbocycles. The third-order valence-electron chi connectivity index (χ3n) is 10.6. The molecule has 0 unspecified atom stereocenters. The largest absolute Gasteiger partial charge is 0.444 e. The molecule has 1 aromatic heterocycles. The highest BCUT2D eigenvalue weighted by Crippen LogP contribution is 2.30. The molecule has 0 spiro atoms. The normalized spacial score (nSPS) is 18.8. The van der Waals surface area contributed by atoms with Crippen LogP contribution in [-0.4, -0.2) is 81.1 Å². The van der Waals surface area contributed by atoms with E-state index < -0.39 is 23.8 Å². The molecule has 1 saturated heterocycles. The Morgan fingerprint density at radius 1 is 0.897 bits per heavy atom. The van der Waals surface area contributed by atoms with E-state index in [0.29, 0.717) is 49.4 Å². The van der Waals surface area contributed by atoms with E-state index in [0.717, 1.165) is 53.5 Å². The number of amides is 5. The van der Waals surface area contributed by atoms with Crippen molar-refractivity contribution < 1.29 is 28.7 Å². The summed E-state index contributed by atoms with van der Waals surface area (Å²) in [7, 11) is 0. The van der Waals surface area contributed by atoms with E-state index in [2.05, 4.69) is 47.2 Å². The third kappa shape index (κ3) is 11.5. The van der Waals surface area contributed by atoms with Crippen LogP contribution in [0.2, 0.25) is 0 Å². The highest BCUT2D eigenvalue weighted by molar-refractivity contribution is 5.99. The van der Waals surface area contributed by atoms with Gasteiger partial charge in [0.05, 0.1) is 0 Å². The SMILES string of the molecule is Cc1cc(C(=O)N[C@H]2CCCCNC2=O)ccc1-c1ccc(C[C@H](NC(=O)C2CCC(CNC(=O)OC(C)(C)C)CC2)C(=O)Nc2ccc(-c3nn[nH]n3)cc2)cc1. The highest BCUT2D eigenvalue weighted by atomic mass is 16.6. The number of hydrogen-bond acceptors (Lipinski definition) is 9. The Labute approximate surface area is 338 Å². The molecule has 2 aliphatic rings. The van der Waals surface area contributed by atoms with Gasteiger partial charge in [0.1, 0.15) is 17.7 Å². The van der Waals surface area contributed by atoms with Gasteiger partial charge < -0.3 is 31.3 Å². The van der Waals surface area contributed by atoms with Gasteiger partial charge in [0.2, 0.25) is 23.5 Å². The minimum absolute atomic E-state index is 0.150. The predicted molar refractivity (Wildman–Crippen MR) is 218 cm³/mol. The average Bonchev–Trinajstić information content (AvgIpc) is 3.67. The third-order valence-corrected chi connectivity index (χ3v) is 10.6. The smallest absolute Gasteiger partial charge is 0.407 e. The predicted octanol–water partition coefficient (Wildman–Crippen LogP) is 5.24. The Balaban J connectivity index is 1.10. The number of aromatic amines is 1. The molecule has 2 fully saturated rings. The fourth-order valence-corrected chi connectivity index (χ4v) is 7.39. The standard InChI is InChI=1S/C43H53N9O6/c1-26-23-32(39(54)47-35-7-5-6-22-44-40(35)55)18-21-34(26)29-12-8-27(9-13-29)24-36(41(56)46-33-19-16-30(17-20-33)37-49-51-52-50-37)48-38(53)31-14-10-28(11-15-31)25-45-42(57)58-43(2,3)4/h8-9,12-13,16-21,23,28,31,35-36H,5-7,10-11,14-15,22,24-25H2,1-4H3,(H,44,55)(H,45,57)(H,46,56)(H,47,54)(H,48,53)(H,49,50,51,52)/t28?,31?,35-,36-/m0/s1. The zero-order chi connectivity index (χ0) is 41.2. The van der Waals surface area contributed by atoms with Crippen LogP contribution in [0.5, 0.6) is 0 Å². The summed E-state index contributed by atoms with van der Waals surface area (Å²) in [5.41, 5.74) is 4.81. The molecule has 2 atom stereocenters. The van der Waals surface area contributed by atoms with Gasteiger partial charge in [-0.3, -0.25) is 19.2 Å². The second kappa shape index (κ2) is 18.9. The zero-order valence-electron chi connectivity index (χ0n) is 33.5. The number of tetrazole rings is 1. The second-order valence-corrected chi connectivity index (χ2v) is 16.2. The quantitative estimate of drug-likeness (QED) is 0.111. The highest BCUT2D eigenvalue weighted by Gasteiger charge is 2.31. The Bertz CT molecular complexity index is 2050. The minimum Gasteiger partial charge on any atom is -0.444 e. The summed E-state index contributed by atoms with van der Waals surface area (Å²) in [4.78, 5) is 65.1. The first-order valence-corrected chi connectivity index (χ1v) is 20.0. The number of carbonyl (C=O) groups excluding carboxylic acids is 5. The molecular formula is C43H53N9O6. The molecule has 0 bridgehead atoms. The van der Waals surface area contributed by atoms with Crippen LogP contribution in [0.4, 0.5) is 10.5 Å². The summed E-state index contributed by atoms with van der Waals surface area (Å²) in [5, 5.41) is 28.6. The van der Waals surface area contributed by atoms with Gasteiger partial charge in [0.15, 0.2) is 0 Å². The maximum Gasteiger partial charge on any atom is 0.407 e. The van der Waals surface area contributed by atoms with Crippen molar-refractivity contribution in [3.05, 3.63) is 83.4 Å². The van der Waals surface area contributed by atoms with E-state index in [4.69, 9.17) is 4.74 Å². The lowest BCUT2D eigenvalue weighted by Gasteiger charge is -2.29. The number of nitrogens with one attached hydrogen (secondary N) is 6. The van der Waals surface area contributed by atoms with E-state index in [9.17, 15) is 24.0 Å². The van der Waals surface area contributed by atoms with Crippen LogP contribution >= 0.6 is 0 Å². The molecule has 15 heteroatoms. The second-order valence-electron chi connectivity index (χ2n) is 16.2. The lowest BCUT2D eigenvalue weighted by Crippen LogP contribution is -2.48. The van der Waals surface area contributed by atoms with Crippen LogP contribution in [0.15, 0.2) is 66.7 Å². The van der Waals surface area contributed by atoms with Crippen molar-refractivity contribution in [2.75, 3.05) is 18.4 Å². The van der Waals surface area contributed by atoms with E-state index in [1.54, 1.807) is 30.3 Å². The van der Waals surface area contributed by atoms with Crippen LogP contribution < -0.4 is 26.6 Å². The first-order chi connectivity index (χ1) is 27.8. The molecule has 1 aliphatic carbocycles. The molecule has 0 radical (unpaired) electrons. The van der Waals surface area contributed by atoms with Gasteiger partial charge in [-0.1, -0.05) is 30.3 Å². The van der Waals surface area contributed by atoms with Crippen molar-refractivity contribution in [2.45, 2.75) is 96.7 Å². The summed E-state index contributed by atoms with van der Waals surface area (Å²) < 4.78 is 5.36. The summed E-state index contributed by atoms with van der Waals surface area (Å²) in [6, 6.07) is 18.9. The molecule has 306 valence electrons. The van der Waals surface area contributed by atoms with E-state index in [1.807, 2.05) is 64.1 Å². The molecule has 1 saturated carbocycles. The maximum absolute atomic E-state index is 13.9. The Kier molecular flexibility index (Phi) is 13.5. The summed E-state index contributed by atoms with van der Waals surface area (Å²) in [6.07, 6.45) is 4.99. The summed E-state index contributed by atoms with van der Waals surface area (Å²) in [5.74, 6) is -0.572. The van der Waals surface area contributed by atoms with Gasteiger partial charge in [0, 0.05) is 42.2 Å². The number of carbonyl (C=O) groups is 5. The molecule has 4 aromatic rings. The Hall–Kier alpha value is -6.12. The molecule has 6 N–H and O–H groups in total. The van der Waals surface area contributed by atoms with Crippen molar-refractivity contribution in [3.8, 4) is 22.5 Å². The molecule has 58 heavy (non-hydrogen) atoms. The molecule has 1 aliphatic heterocycles. The fourth-order valence-electron chi connectivity index (χ4n) is 7.39. The molecule has 2 heterocycles. The monoisotopic (exact) mass is 791 g/mol. The Morgan fingerprint density at radius 2 is 1.62 bits per heavy atom. The van der Waals surface area contributed by atoms with E-state index in [1.165, 1.54) is 0 Å². The number of aryl methyl sites for hydroxylation is 1. The number of hydrogen-bond donors (Lipinski definition) is 6. The average molecular weight is 792 g/mol. The van der Waals surface area contributed by atoms with Gasteiger partial charge in [-0.25, -0.2) is 4.79 Å². The van der Waals surface area contributed by atoms with E-state index in [-0.39, 0.29) is 41.9 Å². The Morgan fingerprint density at radius 3 is 2.29 bits per heavy atom. The molecule has 5 amide bonds. The number of anilines is 1. The number of ether oxygens (including phenoxy) is 1. The van der Waals surface area contributed by atoms with Crippen molar-refractivity contribution >= 4 is 35.4 Å². The minimum atomic E-state index is -0.864. The van der Waals surface area contributed by atoms with Crippen molar-refractivity contribution in [3.63, 3.8) is 0 Å². The van der Waals surface area contributed by atoms with E-state index >= 15 is 0 Å². The number of nitrogens with zero attached hydrogens (tertiary/aromatic N) is 3. The molecule has 6 rings (SSSR count). The van der Waals surface area contributed by atoms with Gasteiger partial charge in [-0.2, -0.15) is 5.21 Å². The van der Waals surface area contributed by atoms with Crippen LogP contribution in [0, 0.1) is 18.8 Å². The first kappa shape index (κ1) is 41.5. The lowest BCUT2D eigenvalue weighted by molar-refractivity contribution is -0.130. The molecule has 15 nitrogen and oxygen atoms in total. The number of alkyl carbamates (subject to hydrolysis) is 1. The number of H-pyrrole nitrogens is 1. The summed E-state index contributed by atoms with van der Waals surface area (Å²) in [6.45, 7) is 8.50.